The lowest BCUT2D eigenvalue weighted by atomic mass is 9.99. The summed E-state index contributed by atoms with van der Waals surface area (Å²) in [6.45, 7) is 6.22. The third kappa shape index (κ3) is 4.92. The quantitative estimate of drug-likeness (QED) is 0.172. The highest BCUT2D eigenvalue weighted by Crippen LogP contribution is 2.36. The van der Waals surface area contributed by atoms with Crippen LogP contribution in [0.3, 0.4) is 0 Å². The Morgan fingerprint density at radius 2 is 1.10 bits per heavy atom. The van der Waals surface area contributed by atoms with Gasteiger partial charge in [-0.2, -0.15) is 10.5 Å². The molecule has 2 heterocycles. The van der Waals surface area contributed by atoms with E-state index in [0.717, 1.165) is 66.5 Å². The molecule has 0 unspecified atom stereocenters. The summed E-state index contributed by atoms with van der Waals surface area (Å²) in [4.78, 5) is 0. The number of nitriles is 2. The van der Waals surface area contributed by atoms with E-state index in [2.05, 4.69) is 138 Å². The fourth-order valence-electron chi connectivity index (χ4n) is 7.01. The number of hydrogen-bond acceptors (Lipinski definition) is 2. The molecule has 8 aromatic rings. The largest absolute Gasteiger partial charge is 0.309 e. The van der Waals surface area contributed by atoms with Crippen LogP contribution in [0.25, 0.3) is 66.1 Å². The molecule has 0 N–H and O–H groups in total. The molecule has 0 saturated carbocycles. The highest BCUT2D eigenvalue weighted by atomic mass is 15.0. The third-order valence-electron chi connectivity index (χ3n) is 9.37. The van der Waals surface area contributed by atoms with Crippen molar-refractivity contribution in [1.82, 2.24) is 9.13 Å². The molecule has 0 aliphatic heterocycles. The Bertz CT molecular complexity index is 2700. The molecule has 6 aromatic carbocycles. The predicted molar refractivity (Wildman–Crippen MR) is 203 cm³/mol. The van der Waals surface area contributed by atoms with E-state index in [-0.39, 0.29) is 0 Å². The number of nitrogens with zero attached hydrogens (tertiary/aromatic N) is 4. The van der Waals surface area contributed by atoms with Crippen LogP contribution in [0.5, 0.6) is 0 Å². The SMILES string of the molecule is C=C/C(=C\C=C(/C)c1cc(C#N)ccc1-n1c2ccccc2c2ccccc21)c1ccc(-n2c3ccccc3c3ccc(C#N)cc32)cc1. The van der Waals surface area contributed by atoms with Crippen LogP contribution in [0.15, 0.2) is 158 Å². The molecule has 0 saturated heterocycles. The Kier molecular flexibility index (Phi) is 7.26. The summed E-state index contributed by atoms with van der Waals surface area (Å²) in [5, 5.41) is 24.1. The maximum Gasteiger partial charge on any atom is 0.0992 e. The van der Waals surface area contributed by atoms with Crippen LogP contribution >= 0.6 is 0 Å². The molecule has 0 aliphatic rings. The third-order valence-corrected chi connectivity index (χ3v) is 9.37. The van der Waals surface area contributed by atoms with E-state index >= 15 is 0 Å². The van der Waals surface area contributed by atoms with E-state index in [9.17, 15) is 10.5 Å². The van der Waals surface area contributed by atoms with Gasteiger partial charge in [0.25, 0.3) is 0 Å². The van der Waals surface area contributed by atoms with Crippen molar-refractivity contribution in [2.45, 2.75) is 6.92 Å². The fraction of sp³-hybridized carbons (Fsp3) is 0.0222. The minimum absolute atomic E-state index is 0.614. The smallest absolute Gasteiger partial charge is 0.0992 e. The van der Waals surface area contributed by atoms with Crippen LogP contribution in [0.2, 0.25) is 0 Å². The van der Waals surface area contributed by atoms with Crippen LogP contribution < -0.4 is 0 Å². The molecule has 8 rings (SSSR count). The molecular formula is C45H30N4. The van der Waals surface area contributed by atoms with Gasteiger partial charge in [0.15, 0.2) is 0 Å². The minimum atomic E-state index is 0.614. The molecular weight excluding hydrogens is 597 g/mol. The van der Waals surface area contributed by atoms with E-state index in [1.54, 1.807) is 0 Å². The van der Waals surface area contributed by atoms with Gasteiger partial charge in [-0.25, -0.2) is 0 Å². The maximum atomic E-state index is 9.83. The summed E-state index contributed by atoms with van der Waals surface area (Å²) in [5.74, 6) is 0. The number of aromatic nitrogens is 2. The van der Waals surface area contributed by atoms with Crippen LogP contribution in [0.1, 0.15) is 29.2 Å². The lowest BCUT2D eigenvalue weighted by Crippen LogP contribution is -1.99. The second-order valence-corrected chi connectivity index (χ2v) is 12.1. The lowest BCUT2D eigenvalue weighted by Gasteiger charge is -2.15. The normalized spacial score (nSPS) is 12.1. The predicted octanol–water partition coefficient (Wildman–Crippen LogP) is 11.3. The Morgan fingerprint density at radius 1 is 0.571 bits per heavy atom. The van der Waals surface area contributed by atoms with Gasteiger partial charge in [-0.15, -0.1) is 0 Å². The van der Waals surface area contributed by atoms with Crippen LogP contribution in [0, 0.1) is 22.7 Å². The van der Waals surface area contributed by atoms with Gasteiger partial charge >= 0.3 is 0 Å². The monoisotopic (exact) mass is 626 g/mol. The molecule has 4 nitrogen and oxygen atoms in total. The van der Waals surface area contributed by atoms with Crippen LogP contribution in [-0.4, -0.2) is 9.13 Å². The second-order valence-electron chi connectivity index (χ2n) is 12.1. The number of fused-ring (bicyclic) bond motifs is 6. The summed E-state index contributed by atoms with van der Waals surface area (Å²) >= 11 is 0. The van der Waals surface area contributed by atoms with Crippen molar-refractivity contribution in [2.24, 2.45) is 0 Å². The standard InChI is InChI=1S/C45H30N4/c1-3-33(34-20-22-35(23-21-34)48-41-13-7-4-12-38(41)39-24-17-32(29-47)27-45(39)48)19-16-30(2)40-26-31(28-46)18-25-44(40)49-42-14-8-5-10-36(42)37-11-6-9-15-43(37)49/h3-27H,1H2,2H3/b30-16+,33-19+. The first-order valence-electron chi connectivity index (χ1n) is 16.2. The van der Waals surface area contributed by atoms with Crippen molar-refractivity contribution in [3.8, 4) is 23.5 Å². The lowest BCUT2D eigenvalue weighted by molar-refractivity contribution is 1.16. The second kappa shape index (κ2) is 12.0. The molecule has 0 bridgehead atoms. The van der Waals surface area contributed by atoms with Crippen molar-refractivity contribution >= 4 is 54.8 Å². The van der Waals surface area contributed by atoms with E-state index in [0.29, 0.717) is 11.1 Å². The van der Waals surface area contributed by atoms with Gasteiger partial charge in [-0.05, 0) is 84.3 Å². The van der Waals surface area contributed by atoms with Gasteiger partial charge in [0.05, 0.1) is 51.0 Å². The highest BCUT2D eigenvalue weighted by Gasteiger charge is 2.16. The molecule has 0 aliphatic carbocycles. The number of benzene rings is 6. The molecule has 0 fully saturated rings. The molecule has 0 spiro atoms. The highest BCUT2D eigenvalue weighted by molar-refractivity contribution is 6.10. The first-order valence-corrected chi connectivity index (χ1v) is 16.2. The van der Waals surface area contributed by atoms with Crippen molar-refractivity contribution in [1.29, 1.82) is 10.5 Å². The average molecular weight is 627 g/mol. The Morgan fingerprint density at radius 3 is 1.69 bits per heavy atom. The van der Waals surface area contributed by atoms with E-state index in [4.69, 9.17) is 0 Å². The van der Waals surface area contributed by atoms with Gasteiger partial charge in [0.1, 0.15) is 0 Å². The number of rotatable bonds is 6. The Hall–Kier alpha value is -6.88. The molecule has 2 aromatic heterocycles. The molecule has 0 radical (unpaired) electrons. The summed E-state index contributed by atoms with van der Waals surface area (Å²) in [6.07, 6.45) is 6.07. The zero-order chi connectivity index (χ0) is 33.5. The zero-order valence-corrected chi connectivity index (χ0v) is 26.9. The maximum absolute atomic E-state index is 9.83. The van der Waals surface area contributed by atoms with Crippen molar-refractivity contribution in [2.75, 3.05) is 0 Å². The van der Waals surface area contributed by atoms with Crippen molar-refractivity contribution in [3.63, 3.8) is 0 Å². The summed E-state index contributed by atoms with van der Waals surface area (Å²) in [5.41, 5.74) is 11.7. The minimum Gasteiger partial charge on any atom is -0.309 e. The number of para-hydroxylation sites is 3. The van der Waals surface area contributed by atoms with Crippen molar-refractivity contribution < 1.29 is 0 Å². The van der Waals surface area contributed by atoms with E-state index in [1.165, 1.54) is 10.8 Å². The molecule has 0 atom stereocenters. The summed E-state index contributed by atoms with van der Waals surface area (Å²) in [7, 11) is 0. The zero-order valence-electron chi connectivity index (χ0n) is 26.9. The first kappa shape index (κ1) is 29.5. The van der Waals surface area contributed by atoms with Crippen molar-refractivity contribution in [3.05, 3.63) is 181 Å². The van der Waals surface area contributed by atoms with Crippen LogP contribution in [0.4, 0.5) is 0 Å². The molecule has 0 amide bonds. The number of hydrogen-bond donors (Lipinski definition) is 0. The topological polar surface area (TPSA) is 57.4 Å². The van der Waals surface area contributed by atoms with Gasteiger partial charge < -0.3 is 9.13 Å². The van der Waals surface area contributed by atoms with Gasteiger partial charge in [0.2, 0.25) is 0 Å². The fourth-order valence-corrected chi connectivity index (χ4v) is 7.01. The van der Waals surface area contributed by atoms with Gasteiger partial charge in [-0.1, -0.05) is 97.6 Å². The molecule has 230 valence electrons. The average Bonchev–Trinajstić information content (AvgIpc) is 3.67. The first-order chi connectivity index (χ1) is 24.1. The summed E-state index contributed by atoms with van der Waals surface area (Å²) in [6, 6.07) is 50.1. The molecule has 49 heavy (non-hydrogen) atoms. The Balaban J connectivity index is 1.20. The van der Waals surface area contributed by atoms with Gasteiger partial charge in [0, 0.05) is 32.8 Å². The van der Waals surface area contributed by atoms with E-state index < -0.39 is 0 Å². The number of allylic oxidation sites excluding steroid dienone is 5. The molecule has 4 heteroatoms. The Labute approximate surface area is 284 Å². The van der Waals surface area contributed by atoms with E-state index in [1.807, 2.05) is 48.5 Å². The summed E-state index contributed by atoms with van der Waals surface area (Å²) < 4.78 is 4.51. The van der Waals surface area contributed by atoms with Crippen LogP contribution in [-0.2, 0) is 0 Å². The van der Waals surface area contributed by atoms with Gasteiger partial charge in [-0.3, -0.25) is 0 Å².